The van der Waals surface area contributed by atoms with E-state index in [-0.39, 0.29) is 17.6 Å². The van der Waals surface area contributed by atoms with Crippen molar-refractivity contribution in [1.29, 1.82) is 0 Å². The minimum atomic E-state index is -0.423. The zero-order valence-electron chi connectivity index (χ0n) is 11.3. The van der Waals surface area contributed by atoms with Gasteiger partial charge in [0.2, 0.25) is 11.8 Å². The molecule has 5 heteroatoms. The fourth-order valence-electron chi connectivity index (χ4n) is 2.26. The number of amides is 2. The maximum Gasteiger partial charge on any atom is 0.247 e. The molecule has 2 amide bonds. The highest BCUT2D eigenvalue weighted by molar-refractivity contribution is 5.96. The van der Waals surface area contributed by atoms with Crippen molar-refractivity contribution in [3.63, 3.8) is 0 Å². The number of benzene rings is 1. The summed E-state index contributed by atoms with van der Waals surface area (Å²) >= 11 is 0. The van der Waals surface area contributed by atoms with E-state index < -0.39 is 6.04 Å². The Morgan fingerprint density at radius 3 is 3.05 bits per heavy atom. The quantitative estimate of drug-likeness (QED) is 0.852. The lowest BCUT2D eigenvalue weighted by Crippen LogP contribution is -2.56. The molecule has 0 radical (unpaired) electrons. The molecule has 1 heterocycles. The van der Waals surface area contributed by atoms with Crippen molar-refractivity contribution in [2.75, 3.05) is 13.1 Å². The summed E-state index contributed by atoms with van der Waals surface area (Å²) in [5, 5.41) is 2.74. The van der Waals surface area contributed by atoms with Crippen LogP contribution in [0, 0.1) is 5.82 Å². The molecule has 20 heavy (non-hydrogen) atoms. The highest BCUT2D eigenvalue weighted by Gasteiger charge is 2.30. The molecule has 0 spiro atoms. The van der Waals surface area contributed by atoms with Gasteiger partial charge in [-0.05, 0) is 30.2 Å². The number of carbonyl (C=O) groups is 2. The fourth-order valence-corrected chi connectivity index (χ4v) is 2.26. The van der Waals surface area contributed by atoms with Gasteiger partial charge in [0.1, 0.15) is 11.9 Å². The van der Waals surface area contributed by atoms with Gasteiger partial charge in [-0.3, -0.25) is 9.59 Å². The van der Waals surface area contributed by atoms with Gasteiger partial charge in [0.15, 0.2) is 0 Å². The first-order chi connectivity index (χ1) is 9.61. The number of hydrogen-bond acceptors (Lipinski definition) is 2. The van der Waals surface area contributed by atoms with Crippen molar-refractivity contribution >= 4 is 17.9 Å². The van der Waals surface area contributed by atoms with E-state index in [4.69, 9.17) is 0 Å². The first-order valence-corrected chi connectivity index (χ1v) is 6.63. The maximum atomic E-state index is 13.0. The van der Waals surface area contributed by atoms with Crippen LogP contribution in [-0.4, -0.2) is 35.8 Å². The molecule has 106 valence electrons. The van der Waals surface area contributed by atoms with Gasteiger partial charge in [-0.25, -0.2) is 4.39 Å². The van der Waals surface area contributed by atoms with Gasteiger partial charge < -0.3 is 10.2 Å². The highest BCUT2D eigenvalue weighted by atomic mass is 19.1. The lowest BCUT2D eigenvalue weighted by molar-refractivity contribution is -0.140. The summed E-state index contributed by atoms with van der Waals surface area (Å²) < 4.78 is 13.0. The van der Waals surface area contributed by atoms with Crippen LogP contribution < -0.4 is 5.32 Å². The molecule has 0 aliphatic carbocycles. The van der Waals surface area contributed by atoms with Crippen LogP contribution in [0.4, 0.5) is 4.39 Å². The summed E-state index contributed by atoms with van der Waals surface area (Å²) in [5.41, 5.74) is 0.618. The third-order valence-corrected chi connectivity index (χ3v) is 3.27. The van der Waals surface area contributed by atoms with Crippen molar-refractivity contribution < 1.29 is 14.0 Å². The van der Waals surface area contributed by atoms with Gasteiger partial charge >= 0.3 is 0 Å². The van der Waals surface area contributed by atoms with Crippen LogP contribution in [0.5, 0.6) is 0 Å². The molecule has 4 nitrogen and oxygen atoms in total. The third-order valence-electron chi connectivity index (χ3n) is 3.27. The van der Waals surface area contributed by atoms with Crippen LogP contribution in [-0.2, 0) is 9.59 Å². The van der Waals surface area contributed by atoms with Crippen molar-refractivity contribution in [1.82, 2.24) is 10.2 Å². The second-order valence-electron chi connectivity index (χ2n) is 4.64. The largest absolute Gasteiger partial charge is 0.353 e. The Hall–Kier alpha value is -2.17. The average Bonchev–Trinajstić information content (AvgIpc) is 2.44. The van der Waals surface area contributed by atoms with Crippen LogP contribution in [0.2, 0.25) is 0 Å². The summed E-state index contributed by atoms with van der Waals surface area (Å²) in [6, 6.07) is 5.58. The summed E-state index contributed by atoms with van der Waals surface area (Å²) in [6.45, 7) is 2.83. The SMILES string of the molecule is CCC1C(=O)NCCN1C(=O)C=Cc1cccc(F)c1. The molecule has 0 saturated carbocycles. The first-order valence-electron chi connectivity index (χ1n) is 6.63. The van der Waals surface area contributed by atoms with Crippen molar-refractivity contribution in [2.45, 2.75) is 19.4 Å². The Labute approximate surface area is 117 Å². The average molecular weight is 276 g/mol. The number of nitrogens with zero attached hydrogens (tertiary/aromatic N) is 1. The van der Waals surface area contributed by atoms with Crippen LogP contribution in [0.3, 0.4) is 0 Å². The van der Waals surface area contributed by atoms with E-state index in [1.807, 2.05) is 6.92 Å². The number of carbonyl (C=O) groups excluding carboxylic acids is 2. The molecular weight excluding hydrogens is 259 g/mol. The lowest BCUT2D eigenvalue weighted by Gasteiger charge is -2.33. The second kappa shape index (κ2) is 6.32. The van der Waals surface area contributed by atoms with Gasteiger partial charge in [-0.2, -0.15) is 0 Å². The molecule has 2 rings (SSSR count). The van der Waals surface area contributed by atoms with Gasteiger partial charge in [0, 0.05) is 19.2 Å². The Morgan fingerprint density at radius 1 is 1.55 bits per heavy atom. The van der Waals surface area contributed by atoms with E-state index in [1.165, 1.54) is 18.2 Å². The summed E-state index contributed by atoms with van der Waals surface area (Å²) in [6.07, 6.45) is 3.52. The minimum absolute atomic E-state index is 0.119. The van der Waals surface area contributed by atoms with Gasteiger partial charge in [0.25, 0.3) is 0 Å². The molecule has 1 aliphatic heterocycles. The van der Waals surface area contributed by atoms with E-state index in [2.05, 4.69) is 5.32 Å². The van der Waals surface area contributed by atoms with E-state index >= 15 is 0 Å². The zero-order valence-corrected chi connectivity index (χ0v) is 11.3. The Bertz CT molecular complexity index is 542. The topological polar surface area (TPSA) is 49.4 Å². The lowest BCUT2D eigenvalue weighted by atomic mass is 10.1. The highest BCUT2D eigenvalue weighted by Crippen LogP contribution is 2.11. The smallest absolute Gasteiger partial charge is 0.247 e. The molecule has 1 saturated heterocycles. The fraction of sp³-hybridized carbons (Fsp3) is 0.333. The number of halogens is 1. The minimum Gasteiger partial charge on any atom is -0.353 e. The predicted molar refractivity (Wildman–Crippen MR) is 74.2 cm³/mol. The van der Waals surface area contributed by atoms with Crippen LogP contribution in [0.15, 0.2) is 30.3 Å². The van der Waals surface area contributed by atoms with Crippen molar-refractivity contribution in [2.24, 2.45) is 0 Å². The third kappa shape index (κ3) is 3.23. The summed E-state index contributed by atoms with van der Waals surface area (Å²) in [5.74, 6) is -0.689. The van der Waals surface area contributed by atoms with Gasteiger partial charge in [-0.1, -0.05) is 19.1 Å². The summed E-state index contributed by atoms with van der Waals surface area (Å²) in [7, 11) is 0. The van der Waals surface area contributed by atoms with E-state index in [0.717, 1.165) is 0 Å². The Kier molecular flexibility index (Phi) is 4.50. The van der Waals surface area contributed by atoms with Crippen LogP contribution >= 0.6 is 0 Å². The molecule has 1 fully saturated rings. The van der Waals surface area contributed by atoms with E-state index in [0.29, 0.717) is 25.1 Å². The first kappa shape index (κ1) is 14.2. The molecule has 0 aromatic heterocycles. The molecule has 0 bridgehead atoms. The number of rotatable bonds is 3. The zero-order chi connectivity index (χ0) is 14.5. The standard InChI is InChI=1S/C15H17FN2O2/c1-2-13-15(20)17-8-9-18(13)14(19)7-6-11-4-3-5-12(16)10-11/h3-7,10,13H,2,8-9H2,1H3,(H,17,20). The molecule has 1 aromatic rings. The maximum absolute atomic E-state index is 13.0. The molecule has 1 N–H and O–H groups in total. The van der Waals surface area contributed by atoms with Crippen molar-refractivity contribution in [3.05, 3.63) is 41.7 Å². The number of nitrogens with one attached hydrogen (secondary N) is 1. The monoisotopic (exact) mass is 276 g/mol. The van der Waals surface area contributed by atoms with Gasteiger partial charge in [0.05, 0.1) is 0 Å². The molecule has 1 atom stereocenters. The van der Waals surface area contributed by atoms with Gasteiger partial charge in [-0.15, -0.1) is 0 Å². The normalized spacial score (nSPS) is 19.2. The molecule has 1 unspecified atom stereocenters. The Balaban J connectivity index is 2.09. The molecule has 1 aliphatic rings. The predicted octanol–water partition coefficient (Wildman–Crippen LogP) is 1.58. The second-order valence-corrected chi connectivity index (χ2v) is 4.64. The van der Waals surface area contributed by atoms with E-state index in [9.17, 15) is 14.0 Å². The molecule has 1 aromatic carbocycles. The van der Waals surface area contributed by atoms with Crippen LogP contribution in [0.25, 0.3) is 6.08 Å². The van der Waals surface area contributed by atoms with E-state index in [1.54, 1.807) is 23.1 Å². The Morgan fingerprint density at radius 2 is 2.35 bits per heavy atom. The van der Waals surface area contributed by atoms with Crippen LogP contribution in [0.1, 0.15) is 18.9 Å². The van der Waals surface area contributed by atoms with Crippen molar-refractivity contribution in [3.8, 4) is 0 Å². The summed E-state index contributed by atoms with van der Waals surface area (Å²) in [4.78, 5) is 25.4. The molecular formula is C15H17FN2O2. The number of hydrogen-bond donors (Lipinski definition) is 1. The number of piperazine rings is 1.